The number of piperidine rings is 1. The number of benzene rings is 2. The van der Waals surface area contributed by atoms with E-state index in [1.54, 1.807) is 41.0 Å². The fraction of sp³-hybridized carbons (Fsp3) is 0.250. The quantitative estimate of drug-likeness (QED) is 0.586. The first-order valence-electron chi connectivity index (χ1n) is 10.5. The van der Waals surface area contributed by atoms with Crippen molar-refractivity contribution in [1.82, 2.24) is 9.29 Å². The van der Waals surface area contributed by atoms with E-state index in [4.69, 9.17) is 4.74 Å². The number of nitrogens with one attached hydrogen (secondary N) is 1. The van der Waals surface area contributed by atoms with Crippen molar-refractivity contribution < 1.29 is 17.9 Å². The maximum Gasteiger partial charge on any atom is 0.262 e. The minimum Gasteiger partial charge on any atom is -0.484 e. The molecule has 1 saturated heterocycles. The number of ether oxygens (including phenoxy) is 1. The van der Waals surface area contributed by atoms with Crippen LogP contribution in [-0.4, -0.2) is 36.8 Å². The second kappa shape index (κ2) is 9.93. The van der Waals surface area contributed by atoms with E-state index in [2.05, 4.69) is 10.3 Å². The molecule has 4 rings (SSSR count). The lowest BCUT2D eigenvalue weighted by Gasteiger charge is -2.34. The van der Waals surface area contributed by atoms with E-state index in [-0.39, 0.29) is 23.5 Å². The Balaban J connectivity index is 1.43. The average Bonchev–Trinajstić information content (AvgIpc) is 2.84. The number of carbonyl (C=O) groups excluding carboxylic acids is 1. The highest BCUT2D eigenvalue weighted by Crippen LogP contribution is 2.35. The van der Waals surface area contributed by atoms with Gasteiger partial charge in [0.25, 0.3) is 5.91 Å². The molecule has 8 heteroatoms. The molecule has 7 nitrogen and oxygen atoms in total. The van der Waals surface area contributed by atoms with Crippen molar-refractivity contribution in [3.05, 3.63) is 84.7 Å². The van der Waals surface area contributed by atoms with Crippen LogP contribution in [0.15, 0.2) is 84.0 Å². The molecule has 1 atom stereocenters. The lowest BCUT2D eigenvalue weighted by atomic mass is 9.99. The number of anilines is 1. The SMILES string of the molecule is O=C(COc1ccccc1)Nc1ccc(S(=O)(=O)N2CCCCC2c2cccnc2)cc1. The number of nitrogens with zero attached hydrogens (tertiary/aromatic N) is 2. The molecule has 1 aromatic heterocycles. The predicted octanol–water partition coefficient (Wildman–Crippen LogP) is 4.02. The van der Waals surface area contributed by atoms with Gasteiger partial charge in [0.05, 0.1) is 10.9 Å². The first-order valence-corrected chi connectivity index (χ1v) is 12.0. The summed E-state index contributed by atoms with van der Waals surface area (Å²) < 4.78 is 33.7. The summed E-state index contributed by atoms with van der Waals surface area (Å²) in [5.74, 6) is 0.283. The molecular formula is C24H25N3O4S. The second-order valence-corrected chi connectivity index (χ2v) is 9.48. The van der Waals surface area contributed by atoms with Gasteiger partial charge in [-0.2, -0.15) is 4.31 Å². The molecule has 0 aliphatic carbocycles. The Labute approximate surface area is 188 Å². The van der Waals surface area contributed by atoms with Crippen LogP contribution < -0.4 is 10.1 Å². The highest BCUT2D eigenvalue weighted by Gasteiger charge is 2.34. The summed E-state index contributed by atoms with van der Waals surface area (Å²) in [7, 11) is -3.68. The summed E-state index contributed by atoms with van der Waals surface area (Å²) in [4.78, 5) is 16.5. The smallest absolute Gasteiger partial charge is 0.262 e. The van der Waals surface area contributed by atoms with Crippen LogP contribution in [0.1, 0.15) is 30.9 Å². The number of pyridine rings is 1. The molecule has 3 aromatic rings. The molecule has 0 bridgehead atoms. The van der Waals surface area contributed by atoms with Gasteiger partial charge in [0.1, 0.15) is 5.75 Å². The van der Waals surface area contributed by atoms with E-state index in [1.807, 2.05) is 30.3 Å². The normalized spacial score (nSPS) is 16.9. The fourth-order valence-corrected chi connectivity index (χ4v) is 5.49. The van der Waals surface area contributed by atoms with Gasteiger partial charge in [-0.1, -0.05) is 30.7 Å². The molecule has 0 saturated carbocycles. The molecule has 0 spiro atoms. The Hall–Kier alpha value is -3.23. The molecule has 1 amide bonds. The zero-order valence-electron chi connectivity index (χ0n) is 17.6. The van der Waals surface area contributed by atoms with Gasteiger partial charge in [-0.25, -0.2) is 8.42 Å². The molecule has 1 aliphatic heterocycles. The highest BCUT2D eigenvalue weighted by atomic mass is 32.2. The minimum atomic E-state index is -3.68. The molecule has 0 radical (unpaired) electrons. The van der Waals surface area contributed by atoms with E-state index >= 15 is 0 Å². The zero-order valence-corrected chi connectivity index (χ0v) is 18.4. The Morgan fingerprint density at radius 1 is 1.03 bits per heavy atom. The topological polar surface area (TPSA) is 88.6 Å². The van der Waals surface area contributed by atoms with Crippen molar-refractivity contribution in [2.75, 3.05) is 18.5 Å². The van der Waals surface area contributed by atoms with Gasteiger partial charge >= 0.3 is 0 Å². The molecular weight excluding hydrogens is 426 g/mol. The van der Waals surface area contributed by atoms with Gasteiger partial charge < -0.3 is 10.1 Å². The number of rotatable bonds is 7. The zero-order chi connectivity index (χ0) is 22.4. The average molecular weight is 452 g/mol. The molecule has 2 heterocycles. The molecule has 2 aromatic carbocycles. The number of amides is 1. The van der Waals surface area contributed by atoms with E-state index in [0.717, 1.165) is 24.8 Å². The third kappa shape index (κ3) is 5.15. The molecule has 1 aliphatic rings. The van der Waals surface area contributed by atoms with Crippen LogP contribution in [0, 0.1) is 0 Å². The van der Waals surface area contributed by atoms with Gasteiger partial charge in [-0.15, -0.1) is 0 Å². The Kier molecular flexibility index (Phi) is 6.82. The summed E-state index contributed by atoms with van der Waals surface area (Å²) in [6.45, 7) is 0.335. The Morgan fingerprint density at radius 2 is 1.81 bits per heavy atom. The monoisotopic (exact) mass is 451 g/mol. The van der Waals surface area contributed by atoms with Crippen LogP contribution in [0.25, 0.3) is 0 Å². The highest BCUT2D eigenvalue weighted by molar-refractivity contribution is 7.89. The molecule has 1 fully saturated rings. The van der Waals surface area contributed by atoms with Gasteiger partial charge in [-0.3, -0.25) is 9.78 Å². The largest absolute Gasteiger partial charge is 0.484 e. The second-order valence-electron chi connectivity index (χ2n) is 7.59. The Morgan fingerprint density at radius 3 is 2.53 bits per heavy atom. The third-order valence-corrected chi connectivity index (χ3v) is 7.30. The molecule has 1 N–H and O–H groups in total. The predicted molar refractivity (Wildman–Crippen MR) is 122 cm³/mol. The van der Waals surface area contributed by atoms with E-state index in [0.29, 0.717) is 18.0 Å². The van der Waals surface area contributed by atoms with Crippen molar-refractivity contribution in [2.24, 2.45) is 0 Å². The van der Waals surface area contributed by atoms with E-state index < -0.39 is 10.0 Å². The van der Waals surface area contributed by atoms with E-state index in [9.17, 15) is 13.2 Å². The number of hydrogen-bond acceptors (Lipinski definition) is 5. The lowest BCUT2D eigenvalue weighted by molar-refractivity contribution is -0.118. The van der Waals surface area contributed by atoms with Gasteiger partial charge in [-0.05, 0) is 60.9 Å². The van der Waals surface area contributed by atoms with Crippen LogP contribution in [0.5, 0.6) is 5.75 Å². The van der Waals surface area contributed by atoms with Gasteiger partial charge in [0, 0.05) is 24.6 Å². The van der Waals surface area contributed by atoms with Gasteiger partial charge in [0.2, 0.25) is 10.0 Å². The van der Waals surface area contributed by atoms with Crippen LogP contribution in [0.2, 0.25) is 0 Å². The number of carbonyl (C=O) groups is 1. The van der Waals surface area contributed by atoms with E-state index in [1.165, 1.54) is 12.1 Å². The number of para-hydroxylation sites is 1. The van der Waals surface area contributed by atoms with Crippen molar-refractivity contribution >= 4 is 21.6 Å². The summed E-state index contributed by atoms with van der Waals surface area (Å²) in [6.07, 6.45) is 5.98. The van der Waals surface area contributed by atoms with Crippen LogP contribution in [-0.2, 0) is 14.8 Å². The first-order chi connectivity index (χ1) is 15.5. The van der Waals surface area contributed by atoms with Gasteiger partial charge in [0.15, 0.2) is 6.61 Å². The number of hydrogen-bond donors (Lipinski definition) is 1. The summed E-state index contributed by atoms with van der Waals surface area (Å²) in [5.41, 5.74) is 1.41. The maximum absolute atomic E-state index is 13.4. The van der Waals surface area contributed by atoms with Crippen molar-refractivity contribution in [2.45, 2.75) is 30.2 Å². The molecule has 1 unspecified atom stereocenters. The molecule has 166 valence electrons. The first kappa shape index (κ1) is 22.0. The van der Waals surface area contributed by atoms with Crippen LogP contribution in [0.4, 0.5) is 5.69 Å². The van der Waals surface area contributed by atoms with Crippen LogP contribution >= 0.6 is 0 Å². The van der Waals surface area contributed by atoms with Crippen molar-refractivity contribution in [3.63, 3.8) is 0 Å². The maximum atomic E-state index is 13.4. The molecule has 32 heavy (non-hydrogen) atoms. The lowest BCUT2D eigenvalue weighted by Crippen LogP contribution is -2.38. The number of sulfonamides is 1. The minimum absolute atomic E-state index is 0.134. The summed E-state index contributed by atoms with van der Waals surface area (Å²) in [5, 5.41) is 2.72. The Bertz CT molecular complexity index is 1140. The van der Waals surface area contributed by atoms with Crippen molar-refractivity contribution in [1.29, 1.82) is 0 Å². The number of aromatic nitrogens is 1. The summed E-state index contributed by atoms with van der Waals surface area (Å²) >= 11 is 0. The van der Waals surface area contributed by atoms with Crippen LogP contribution in [0.3, 0.4) is 0 Å². The summed E-state index contributed by atoms with van der Waals surface area (Å²) in [6, 6.07) is 18.8. The van der Waals surface area contributed by atoms with Crippen molar-refractivity contribution in [3.8, 4) is 5.75 Å². The fourth-order valence-electron chi connectivity index (χ4n) is 3.81. The third-order valence-electron chi connectivity index (χ3n) is 5.38. The standard InChI is InChI=1S/C24H25N3O4S/c28-24(18-31-21-8-2-1-3-9-21)26-20-11-13-22(14-12-20)32(29,30)27-16-5-4-10-23(27)19-7-6-15-25-17-19/h1-3,6-9,11-15,17,23H,4-5,10,16,18H2,(H,26,28).